The summed E-state index contributed by atoms with van der Waals surface area (Å²) in [5.74, 6) is 1.28. The lowest BCUT2D eigenvalue weighted by Gasteiger charge is -2.59. The molecule has 1 atom stereocenters. The highest BCUT2D eigenvalue weighted by Gasteiger charge is 2.76. The molecule has 0 radical (unpaired) electrons. The Bertz CT molecular complexity index is 1450. The molecule has 0 amide bonds. The summed E-state index contributed by atoms with van der Waals surface area (Å²) in [6.07, 6.45) is 1.91. The molecule has 47 heavy (non-hydrogen) atoms. The van der Waals surface area contributed by atoms with Crippen molar-refractivity contribution < 1.29 is 9.22 Å². The predicted molar refractivity (Wildman–Crippen MR) is 218 cm³/mol. The summed E-state index contributed by atoms with van der Waals surface area (Å²) in [5, 5.41) is 0. The summed E-state index contributed by atoms with van der Waals surface area (Å²) < 4.78 is 17.2. The van der Waals surface area contributed by atoms with Gasteiger partial charge in [-0.15, -0.1) is 0 Å². The van der Waals surface area contributed by atoms with Crippen LogP contribution in [0.2, 0.25) is 58.9 Å². The van der Waals surface area contributed by atoms with Crippen molar-refractivity contribution in [1.82, 2.24) is 9.13 Å². The van der Waals surface area contributed by atoms with Crippen molar-refractivity contribution in [2.75, 3.05) is 7.11 Å². The molecule has 0 bridgehead atoms. The summed E-state index contributed by atoms with van der Waals surface area (Å²) in [4.78, 5) is 13.7. The van der Waals surface area contributed by atoms with Crippen molar-refractivity contribution in [3.8, 4) is 11.4 Å². The van der Waals surface area contributed by atoms with Gasteiger partial charge in [-0.25, -0.2) is 4.66 Å². The summed E-state index contributed by atoms with van der Waals surface area (Å²) >= 11 is 0. The summed E-state index contributed by atoms with van der Waals surface area (Å²) in [5.41, 5.74) is 8.37. The molecule has 3 rings (SSSR count). The van der Waals surface area contributed by atoms with E-state index >= 15 is 0 Å². The molecule has 0 aliphatic heterocycles. The predicted octanol–water partition coefficient (Wildman–Crippen LogP) is 10.0. The zero-order chi connectivity index (χ0) is 36.1. The average molecular weight is 726 g/mol. The van der Waals surface area contributed by atoms with Crippen molar-refractivity contribution in [2.45, 2.75) is 138 Å². The minimum Gasteiger partial charge on any atom is -0.397 e. The fourth-order valence-electron chi connectivity index (χ4n) is 9.68. The van der Waals surface area contributed by atoms with E-state index in [0.29, 0.717) is 23.7 Å². The molecule has 0 fully saturated rings. The van der Waals surface area contributed by atoms with Gasteiger partial charge in [-0.1, -0.05) is 151 Å². The fourth-order valence-corrected chi connectivity index (χ4v) is 143. The molecule has 0 saturated heterocycles. The molecule has 0 aliphatic rings. The maximum Gasteiger partial charge on any atom is 0.441 e. The second kappa shape index (κ2) is 14.0. The van der Waals surface area contributed by atoms with Gasteiger partial charge in [0.2, 0.25) is 5.62 Å². The highest BCUT2D eigenvalue weighted by molar-refractivity contribution is 8.05. The number of imidazole rings is 1. The smallest absolute Gasteiger partial charge is 0.397 e. The number of rotatable bonds is 12. The second-order valence-corrected chi connectivity index (χ2v) is 68.3. The minimum atomic E-state index is -3.71. The lowest BCUT2D eigenvalue weighted by atomic mass is 9.92. The van der Waals surface area contributed by atoms with Crippen LogP contribution in [0.1, 0.15) is 101 Å². The van der Waals surface area contributed by atoms with E-state index in [-0.39, 0.29) is 0 Å². The van der Waals surface area contributed by atoms with Crippen molar-refractivity contribution in [3.63, 3.8) is 0 Å². The normalized spacial score (nSPS) is 14.9. The SMILES string of the molecule is CO[Si@](O)(N=c1n(-c2c(C(C)C)cccc2C(C)C)ccn1-c1c(C(C)C)cccc1C(C)C)[Si]([Si](C)(C)C)([Si](C)(C)C)[Si](C)(C)C. The van der Waals surface area contributed by atoms with E-state index in [1.165, 1.54) is 33.6 Å². The molecule has 10 heteroatoms. The molecular weight excluding hydrogens is 659 g/mol. The van der Waals surface area contributed by atoms with Gasteiger partial charge in [0.25, 0.3) is 0 Å². The number of para-hydroxylation sites is 2. The van der Waals surface area contributed by atoms with Crippen molar-refractivity contribution in [1.29, 1.82) is 0 Å². The van der Waals surface area contributed by atoms with Gasteiger partial charge in [0, 0.05) is 42.3 Å². The largest absolute Gasteiger partial charge is 0.441 e. The summed E-state index contributed by atoms with van der Waals surface area (Å²) in [6.45, 7) is 40.9. The Morgan fingerprint density at radius 2 is 0.830 bits per heavy atom. The van der Waals surface area contributed by atoms with Gasteiger partial charge in [0.15, 0.2) is 0 Å². The number of nitrogens with zero attached hydrogens (tertiary/aromatic N) is 3. The maximum absolute atomic E-state index is 13.7. The third-order valence-electron chi connectivity index (χ3n) is 10.4. The lowest BCUT2D eigenvalue weighted by molar-refractivity contribution is 0.312. The van der Waals surface area contributed by atoms with Crippen LogP contribution in [0.4, 0.5) is 0 Å². The zero-order valence-corrected chi connectivity index (χ0v) is 38.1. The molecule has 3 aromatic rings. The molecule has 5 nitrogen and oxygen atoms in total. The van der Waals surface area contributed by atoms with Gasteiger partial charge in [0.05, 0.1) is 11.4 Å². The van der Waals surface area contributed by atoms with E-state index in [1.54, 1.807) is 7.11 Å². The van der Waals surface area contributed by atoms with Gasteiger partial charge < -0.3 is 9.22 Å². The van der Waals surface area contributed by atoms with Gasteiger partial charge in [0.1, 0.15) is 6.14 Å². The molecule has 1 aromatic heterocycles. The molecule has 1 N–H and O–H groups in total. The van der Waals surface area contributed by atoms with Crippen LogP contribution < -0.4 is 5.62 Å². The Hall–Kier alpha value is -1.55. The van der Waals surface area contributed by atoms with E-state index in [2.05, 4.69) is 172 Å². The van der Waals surface area contributed by atoms with E-state index in [0.717, 1.165) is 5.62 Å². The maximum atomic E-state index is 13.7. The van der Waals surface area contributed by atoms with Crippen LogP contribution in [0, 0.1) is 0 Å². The Balaban J connectivity index is 2.81. The van der Waals surface area contributed by atoms with E-state index in [4.69, 9.17) is 9.08 Å². The minimum absolute atomic E-state index is 0.319. The van der Waals surface area contributed by atoms with E-state index in [1.807, 2.05) is 0 Å². The Morgan fingerprint density at radius 1 is 0.553 bits per heavy atom. The Morgan fingerprint density at radius 3 is 1.04 bits per heavy atom. The molecule has 262 valence electrons. The standard InChI is InChI=1S/C37H67N3O2Si5/c1-27(2)31-21-19-22-32(28(3)4)35(31)39-25-26-40(36-33(29(5)6)23-20-24-34(36)30(7)8)37(39)38-46(41,42-9)47(43(10,11)12,44(13,14)15)45(16,17)18/h19-30,41H,1-18H3/t46-/m1/s1. The van der Waals surface area contributed by atoms with Crippen LogP contribution in [-0.2, 0) is 4.43 Å². The van der Waals surface area contributed by atoms with Crippen LogP contribution in [0.5, 0.6) is 0 Å². The molecule has 0 aliphatic carbocycles. The van der Waals surface area contributed by atoms with Crippen LogP contribution in [0.25, 0.3) is 11.4 Å². The Labute approximate surface area is 292 Å². The van der Waals surface area contributed by atoms with E-state index in [9.17, 15) is 4.80 Å². The molecule has 0 saturated carbocycles. The zero-order valence-electron chi connectivity index (χ0n) is 33.1. The molecule has 1 heterocycles. The quantitative estimate of drug-likeness (QED) is 0.189. The first kappa shape index (κ1) is 39.9. The van der Waals surface area contributed by atoms with Gasteiger partial charge in [-0.3, -0.25) is 9.13 Å². The van der Waals surface area contributed by atoms with Crippen LogP contribution in [0.15, 0.2) is 53.4 Å². The number of hydrogen-bond donors (Lipinski definition) is 1. The summed E-state index contributed by atoms with van der Waals surface area (Å²) in [7, 11) is -7.84. The number of aromatic nitrogens is 2. The van der Waals surface area contributed by atoms with Crippen LogP contribution in [-0.4, -0.2) is 58.2 Å². The number of hydrogen-bond acceptors (Lipinski definition) is 3. The topological polar surface area (TPSA) is 51.7 Å². The average Bonchev–Trinajstić information content (AvgIpc) is 3.31. The summed E-state index contributed by atoms with van der Waals surface area (Å²) in [6, 6.07) is 13.5. The highest BCUT2D eigenvalue weighted by atomic mass is 30.2. The first-order valence-corrected chi connectivity index (χ1v) is 36.1. The van der Waals surface area contributed by atoms with Crippen molar-refractivity contribution in [3.05, 3.63) is 76.7 Å². The van der Waals surface area contributed by atoms with Gasteiger partial charge >= 0.3 is 8.24 Å². The van der Waals surface area contributed by atoms with Crippen LogP contribution >= 0.6 is 0 Å². The third kappa shape index (κ3) is 6.94. The van der Waals surface area contributed by atoms with Gasteiger partial charge in [-0.05, 0) is 45.9 Å². The first-order valence-electron chi connectivity index (χ1n) is 17.8. The van der Waals surface area contributed by atoms with Crippen molar-refractivity contribution in [2.24, 2.45) is 4.66 Å². The molecule has 0 unspecified atom stereocenters. The lowest BCUT2D eigenvalue weighted by Crippen LogP contribution is -2.94. The molecule has 2 aromatic carbocycles. The van der Waals surface area contributed by atoms with E-state index < -0.39 is 37.2 Å². The van der Waals surface area contributed by atoms with Gasteiger partial charge in [-0.2, -0.15) is 0 Å². The molecule has 0 spiro atoms. The number of benzene rings is 2. The third-order valence-corrected chi connectivity index (χ3v) is 113. The van der Waals surface area contributed by atoms with Crippen molar-refractivity contribution >= 4 is 37.2 Å². The fraction of sp³-hybridized carbons (Fsp3) is 0.595. The molecular formula is C37H67N3O2Si5. The first-order chi connectivity index (χ1) is 21.4. The van der Waals surface area contributed by atoms with Crippen LogP contribution in [0.3, 0.4) is 0 Å². The monoisotopic (exact) mass is 725 g/mol. The Kier molecular flexibility index (Phi) is 11.9. The second-order valence-electron chi connectivity index (χ2n) is 18.0. The highest BCUT2D eigenvalue weighted by Crippen LogP contribution is 2.43.